The van der Waals surface area contributed by atoms with Crippen LogP contribution < -0.4 is 4.74 Å². The first kappa shape index (κ1) is 14.1. The molecule has 1 aliphatic heterocycles. The van der Waals surface area contributed by atoms with Crippen molar-refractivity contribution in [3.63, 3.8) is 0 Å². The SMILES string of the molecule is CCCCC[C@@H]1CC=C[C@@H](c2ccc(OC)cc2)O1. The van der Waals surface area contributed by atoms with Gasteiger partial charge < -0.3 is 9.47 Å². The van der Waals surface area contributed by atoms with Crippen molar-refractivity contribution in [3.05, 3.63) is 42.0 Å². The summed E-state index contributed by atoms with van der Waals surface area (Å²) in [4.78, 5) is 0. The molecule has 104 valence electrons. The van der Waals surface area contributed by atoms with Gasteiger partial charge in [-0.3, -0.25) is 0 Å². The fourth-order valence-corrected chi connectivity index (χ4v) is 2.45. The smallest absolute Gasteiger partial charge is 0.118 e. The quantitative estimate of drug-likeness (QED) is 0.547. The van der Waals surface area contributed by atoms with Crippen LogP contribution in [0.5, 0.6) is 5.75 Å². The number of ether oxygens (including phenoxy) is 2. The summed E-state index contributed by atoms with van der Waals surface area (Å²) < 4.78 is 11.3. The van der Waals surface area contributed by atoms with Gasteiger partial charge in [0.1, 0.15) is 11.9 Å². The van der Waals surface area contributed by atoms with Crippen LogP contribution in [-0.4, -0.2) is 13.2 Å². The summed E-state index contributed by atoms with van der Waals surface area (Å²) in [6.45, 7) is 2.24. The number of rotatable bonds is 6. The van der Waals surface area contributed by atoms with Crippen molar-refractivity contribution in [2.24, 2.45) is 0 Å². The van der Waals surface area contributed by atoms with Gasteiger partial charge in [0.25, 0.3) is 0 Å². The Bertz CT molecular complexity index is 394. The molecule has 0 N–H and O–H groups in total. The van der Waals surface area contributed by atoms with Gasteiger partial charge in [-0.25, -0.2) is 0 Å². The Labute approximate surface area is 116 Å². The van der Waals surface area contributed by atoms with Gasteiger partial charge in [-0.15, -0.1) is 0 Å². The monoisotopic (exact) mass is 260 g/mol. The van der Waals surface area contributed by atoms with E-state index in [0.29, 0.717) is 6.10 Å². The van der Waals surface area contributed by atoms with Crippen LogP contribution in [0.3, 0.4) is 0 Å². The molecule has 2 heteroatoms. The predicted octanol–water partition coefficient (Wildman–Crippen LogP) is 4.66. The first-order valence-electron chi connectivity index (χ1n) is 7.29. The highest BCUT2D eigenvalue weighted by molar-refractivity contribution is 5.30. The average molecular weight is 260 g/mol. The fourth-order valence-electron chi connectivity index (χ4n) is 2.45. The summed E-state index contributed by atoms with van der Waals surface area (Å²) >= 11 is 0. The third-order valence-electron chi connectivity index (χ3n) is 3.62. The van der Waals surface area contributed by atoms with Crippen LogP contribution in [0, 0.1) is 0 Å². The normalized spacial score (nSPS) is 22.4. The van der Waals surface area contributed by atoms with Crippen molar-refractivity contribution in [2.45, 2.75) is 51.2 Å². The largest absolute Gasteiger partial charge is 0.497 e. The molecule has 1 aliphatic rings. The molecule has 0 saturated carbocycles. The van der Waals surface area contributed by atoms with Crippen LogP contribution in [0.1, 0.15) is 50.7 Å². The third kappa shape index (κ3) is 4.10. The Morgan fingerprint density at radius 1 is 1.21 bits per heavy atom. The van der Waals surface area contributed by atoms with Gasteiger partial charge in [-0.1, -0.05) is 50.5 Å². The first-order chi connectivity index (χ1) is 9.33. The molecule has 0 radical (unpaired) electrons. The van der Waals surface area contributed by atoms with Crippen LogP contribution >= 0.6 is 0 Å². The number of benzene rings is 1. The van der Waals surface area contributed by atoms with Gasteiger partial charge in [0.15, 0.2) is 0 Å². The van der Waals surface area contributed by atoms with E-state index in [-0.39, 0.29) is 6.10 Å². The third-order valence-corrected chi connectivity index (χ3v) is 3.62. The molecule has 0 amide bonds. The summed E-state index contributed by atoms with van der Waals surface area (Å²) in [5.74, 6) is 0.892. The highest BCUT2D eigenvalue weighted by atomic mass is 16.5. The van der Waals surface area contributed by atoms with E-state index in [2.05, 4.69) is 31.2 Å². The standard InChI is InChI=1S/C17H24O2/c1-3-4-5-7-16-8-6-9-17(19-16)14-10-12-15(18-2)13-11-14/h6,9-13,16-17H,3-5,7-8H2,1-2H3/t16-,17+/m1/s1. The minimum Gasteiger partial charge on any atom is -0.497 e. The number of hydrogen-bond acceptors (Lipinski definition) is 2. The molecule has 0 aromatic heterocycles. The van der Waals surface area contributed by atoms with Gasteiger partial charge in [0, 0.05) is 0 Å². The van der Waals surface area contributed by atoms with E-state index in [9.17, 15) is 0 Å². The lowest BCUT2D eigenvalue weighted by Gasteiger charge is -2.26. The van der Waals surface area contributed by atoms with Crippen LogP contribution in [-0.2, 0) is 4.74 Å². The lowest BCUT2D eigenvalue weighted by atomic mass is 10.0. The maximum Gasteiger partial charge on any atom is 0.118 e. The number of unbranched alkanes of at least 4 members (excludes halogenated alkanes) is 2. The van der Waals surface area contributed by atoms with Gasteiger partial charge in [-0.2, -0.15) is 0 Å². The van der Waals surface area contributed by atoms with Gasteiger partial charge >= 0.3 is 0 Å². The minimum absolute atomic E-state index is 0.103. The molecule has 2 atom stereocenters. The average Bonchev–Trinajstić information content (AvgIpc) is 2.48. The summed E-state index contributed by atoms with van der Waals surface area (Å²) in [6.07, 6.45) is 11.0. The molecule has 0 aliphatic carbocycles. The van der Waals surface area contributed by atoms with Gasteiger partial charge in [0.05, 0.1) is 13.2 Å². The van der Waals surface area contributed by atoms with E-state index in [1.54, 1.807) is 7.11 Å². The maximum absolute atomic E-state index is 6.16. The summed E-state index contributed by atoms with van der Waals surface area (Å²) in [5.41, 5.74) is 1.21. The lowest BCUT2D eigenvalue weighted by molar-refractivity contribution is -0.000774. The molecule has 2 nitrogen and oxygen atoms in total. The molecule has 1 aromatic rings. The van der Waals surface area contributed by atoms with Gasteiger partial charge in [0.2, 0.25) is 0 Å². The summed E-state index contributed by atoms with van der Waals surface area (Å²) in [6, 6.07) is 8.16. The topological polar surface area (TPSA) is 18.5 Å². The summed E-state index contributed by atoms with van der Waals surface area (Å²) in [5, 5.41) is 0. The predicted molar refractivity (Wildman–Crippen MR) is 78.5 cm³/mol. The molecule has 0 spiro atoms. The fraction of sp³-hybridized carbons (Fsp3) is 0.529. The molecule has 1 heterocycles. The Morgan fingerprint density at radius 3 is 2.68 bits per heavy atom. The van der Waals surface area contributed by atoms with E-state index in [4.69, 9.17) is 9.47 Å². The van der Waals surface area contributed by atoms with Crippen molar-refractivity contribution >= 4 is 0 Å². The highest BCUT2D eigenvalue weighted by Gasteiger charge is 2.19. The van der Waals surface area contributed by atoms with Crippen molar-refractivity contribution in [1.82, 2.24) is 0 Å². The Kier molecular flexibility index (Phi) is 5.46. The molecule has 0 fully saturated rings. The van der Waals surface area contributed by atoms with Crippen molar-refractivity contribution < 1.29 is 9.47 Å². The van der Waals surface area contributed by atoms with Crippen molar-refractivity contribution in [3.8, 4) is 5.75 Å². The zero-order chi connectivity index (χ0) is 13.5. The van der Waals surface area contributed by atoms with E-state index in [0.717, 1.165) is 12.2 Å². The van der Waals surface area contributed by atoms with E-state index in [1.165, 1.54) is 31.2 Å². The second-order valence-electron chi connectivity index (χ2n) is 5.11. The molecule has 0 unspecified atom stereocenters. The lowest BCUT2D eigenvalue weighted by Crippen LogP contribution is -2.19. The van der Waals surface area contributed by atoms with Crippen molar-refractivity contribution in [2.75, 3.05) is 7.11 Å². The van der Waals surface area contributed by atoms with E-state index in [1.807, 2.05) is 12.1 Å². The molecule has 0 bridgehead atoms. The summed E-state index contributed by atoms with van der Waals surface area (Å²) in [7, 11) is 1.69. The number of hydrogen-bond donors (Lipinski definition) is 0. The Hall–Kier alpha value is -1.28. The minimum atomic E-state index is 0.103. The highest BCUT2D eigenvalue weighted by Crippen LogP contribution is 2.29. The molecular formula is C17H24O2. The molecule has 2 rings (SSSR count). The van der Waals surface area contributed by atoms with Crippen LogP contribution in [0.4, 0.5) is 0 Å². The zero-order valence-electron chi connectivity index (χ0n) is 12.0. The Balaban J connectivity index is 1.92. The van der Waals surface area contributed by atoms with Crippen LogP contribution in [0.2, 0.25) is 0 Å². The van der Waals surface area contributed by atoms with Crippen LogP contribution in [0.25, 0.3) is 0 Å². The molecule has 19 heavy (non-hydrogen) atoms. The molecule has 1 aromatic carbocycles. The maximum atomic E-state index is 6.16. The second kappa shape index (κ2) is 7.34. The van der Waals surface area contributed by atoms with Gasteiger partial charge in [-0.05, 0) is 30.5 Å². The van der Waals surface area contributed by atoms with E-state index < -0.39 is 0 Å². The first-order valence-corrected chi connectivity index (χ1v) is 7.29. The second-order valence-corrected chi connectivity index (χ2v) is 5.11. The zero-order valence-corrected chi connectivity index (χ0v) is 12.0. The number of methoxy groups -OCH3 is 1. The molecule has 0 saturated heterocycles. The van der Waals surface area contributed by atoms with Crippen molar-refractivity contribution in [1.29, 1.82) is 0 Å². The molecular weight excluding hydrogens is 236 g/mol. The van der Waals surface area contributed by atoms with Crippen LogP contribution in [0.15, 0.2) is 36.4 Å². The Morgan fingerprint density at radius 2 is 2.00 bits per heavy atom. The van der Waals surface area contributed by atoms with E-state index >= 15 is 0 Å².